The van der Waals surface area contributed by atoms with E-state index in [4.69, 9.17) is 9.72 Å². The van der Waals surface area contributed by atoms with Crippen LogP contribution in [-0.2, 0) is 0 Å². The van der Waals surface area contributed by atoms with Gasteiger partial charge in [0.05, 0.1) is 0 Å². The lowest BCUT2D eigenvalue weighted by Crippen LogP contribution is -2.46. The molecule has 1 saturated carbocycles. The van der Waals surface area contributed by atoms with E-state index in [0.29, 0.717) is 34.2 Å². The maximum Gasteiger partial charge on any atom is 0.326 e. The molecule has 1 aromatic carbocycles. The number of ether oxygens (including phenoxy) is 1. The number of nitrogens with zero attached hydrogens (tertiary/aromatic N) is 5. The molecule has 0 bridgehead atoms. The lowest BCUT2D eigenvalue weighted by Gasteiger charge is -2.36. The van der Waals surface area contributed by atoms with E-state index in [-0.39, 0.29) is 11.8 Å². The smallest absolute Gasteiger partial charge is 0.326 e. The number of anilines is 3. The second-order valence-corrected chi connectivity index (χ2v) is 10.9. The Labute approximate surface area is 252 Å². The molecule has 6 rings (SSSR count). The monoisotopic (exact) mass is 584 g/mol. The first-order valence-corrected chi connectivity index (χ1v) is 15.0. The van der Waals surface area contributed by atoms with Gasteiger partial charge in [0.15, 0.2) is 11.6 Å². The summed E-state index contributed by atoms with van der Waals surface area (Å²) in [6, 6.07) is 11.2. The van der Waals surface area contributed by atoms with Gasteiger partial charge in [-0.25, -0.2) is 4.39 Å². The molecule has 1 aliphatic carbocycles. The zero-order chi connectivity index (χ0) is 30.3. The molecule has 0 radical (unpaired) electrons. The van der Waals surface area contributed by atoms with Crippen LogP contribution in [0.25, 0.3) is 10.9 Å². The third-order valence-corrected chi connectivity index (χ3v) is 7.29. The number of aryl methyl sites for hydroxylation is 1. The number of halogens is 1. The van der Waals surface area contributed by atoms with Crippen molar-refractivity contribution in [3.63, 3.8) is 0 Å². The van der Waals surface area contributed by atoms with E-state index < -0.39 is 5.82 Å². The van der Waals surface area contributed by atoms with Crippen molar-refractivity contribution in [1.82, 2.24) is 25.3 Å². The zero-order valence-corrected chi connectivity index (χ0v) is 25.5. The van der Waals surface area contributed by atoms with Crippen molar-refractivity contribution >= 4 is 28.2 Å². The number of aromatic amines is 1. The minimum atomic E-state index is -0.452. The van der Waals surface area contributed by atoms with Crippen LogP contribution in [0, 0.1) is 18.7 Å². The zero-order valence-electron chi connectivity index (χ0n) is 25.5. The Morgan fingerprint density at radius 3 is 2.44 bits per heavy atom. The van der Waals surface area contributed by atoms with Gasteiger partial charge >= 0.3 is 6.01 Å². The first-order chi connectivity index (χ1) is 20.9. The van der Waals surface area contributed by atoms with Gasteiger partial charge in [-0.3, -0.25) is 4.98 Å². The SMILES string of the molecule is C=C(/C=C(\NC)C1CC1)Nc1cc(N2CCN(c3ccncc3)CC2)nc(Oc2ccc3[nH]c(C)cc3c2F)n1.CCC. The summed E-state index contributed by atoms with van der Waals surface area (Å²) in [5, 5.41) is 7.03. The van der Waals surface area contributed by atoms with Gasteiger partial charge < -0.3 is 30.2 Å². The van der Waals surface area contributed by atoms with Crippen molar-refractivity contribution in [3.05, 3.63) is 84.4 Å². The molecule has 1 aliphatic heterocycles. The van der Waals surface area contributed by atoms with E-state index in [0.717, 1.165) is 43.3 Å². The minimum absolute atomic E-state index is 0.0647. The summed E-state index contributed by atoms with van der Waals surface area (Å²) < 4.78 is 21.3. The third kappa shape index (κ3) is 7.43. The Kier molecular flexibility index (Phi) is 9.44. The fourth-order valence-corrected chi connectivity index (χ4v) is 5.08. The van der Waals surface area contributed by atoms with Crippen molar-refractivity contribution in [2.75, 3.05) is 48.3 Å². The normalized spacial score (nSPS) is 15.1. The van der Waals surface area contributed by atoms with E-state index in [2.05, 4.69) is 55.8 Å². The predicted molar refractivity (Wildman–Crippen MR) is 172 cm³/mol. The molecule has 2 aliphatic rings. The number of fused-ring (bicyclic) bond motifs is 1. The van der Waals surface area contributed by atoms with Crippen molar-refractivity contribution < 1.29 is 9.13 Å². The average molecular weight is 585 g/mol. The van der Waals surface area contributed by atoms with Gasteiger partial charge in [-0.1, -0.05) is 26.8 Å². The molecule has 0 atom stereocenters. The number of nitrogens with one attached hydrogen (secondary N) is 3. The number of hydrogen-bond donors (Lipinski definition) is 3. The number of rotatable bonds is 9. The maximum atomic E-state index is 15.3. The van der Waals surface area contributed by atoms with Gasteiger partial charge in [0, 0.05) is 85.4 Å². The highest BCUT2D eigenvalue weighted by Gasteiger charge is 2.25. The van der Waals surface area contributed by atoms with Crippen molar-refractivity contribution in [3.8, 4) is 11.8 Å². The second-order valence-electron chi connectivity index (χ2n) is 10.9. The highest BCUT2D eigenvalue weighted by Crippen LogP contribution is 2.35. The molecule has 0 amide bonds. The number of aromatic nitrogens is 4. The number of H-pyrrole nitrogens is 1. The van der Waals surface area contributed by atoms with Gasteiger partial charge in [-0.05, 0) is 62.1 Å². The average Bonchev–Trinajstić information content (AvgIpc) is 3.78. The summed E-state index contributed by atoms with van der Waals surface area (Å²) in [5.41, 5.74) is 4.58. The molecule has 3 aromatic heterocycles. The van der Waals surface area contributed by atoms with E-state index in [1.165, 1.54) is 19.3 Å². The highest BCUT2D eigenvalue weighted by atomic mass is 19.1. The summed E-state index contributed by atoms with van der Waals surface area (Å²) in [7, 11) is 1.93. The number of hydrogen-bond acceptors (Lipinski definition) is 8. The number of pyridine rings is 1. The highest BCUT2D eigenvalue weighted by molar-refractivity contribution is 5.82. The molecule has 4 aromatic rings. The lowest BCUT2D eigenvalue weighted by molar-refractivity contribution is 0.414. The van der Waals surface area contributed by atoms with Crippen LogP contribution < -0.4 is 25.2 Å². The van der Waals surface area contributed by atoms with Crippen LogP contribution in [0.2, 0.25) is 0 Å². The Morgan fingerprint density at radius 2 is 1.77 bits per heavy atom. The molecule has 10 heteroatoms. The van der Waals surface area contributed by atoms with Crippen LogP contribution in [0.15, 0.2) is 72.8 Å². The van der Waals surface area contributed by atoms with E-state index >= 15 is 4.39 Å². The standard InChI is InChI=1S/C30H33FN8O.C3H8/c1-19-16-23-24(34-19)6-7-26(29(23)31)40-30-36-27(35-20(2)17-25(32-3)21-4-5-21)18-28(37-30)39-14-12-38(13-15-39)22-8-10-33-11-9-22;1-3-2/h6-11,16-18,21,32,34H,2,4-5,12-15H2,1,3H3,(H,35,36,37);3H2,1-2H3/b25-17-;. The van der Waals surface area contributed by atoms with E-state index in [1.54, 1.807) is 18.2 Å². The van der Waals surface area contributed by atoms with Crippen LogP contribution in [-0.4, -0.2) is 53.2 Å². The maximum absolute atomic E-state index is 15.3. The Hall–Kier alpha value is -4.60. The summed E-state index contributed by atoms with van der Waals surface area (Å²) in [6.07, 6.45) is 9.23. The molecule has 0 spiro atoms. The fourth-order valence-electron chi connectivity index (χ4n) is 5.08. The summed E-state index contributed by atoms with van der Waals surface area (Å²) >= 11 is 0. The fraction of sp³-hybridized carbons (Fsp3) is 0.364. The molecular weight excluding hydrogens is 543 g/mol. The summed E-state index contributed by atoms with van der Waals surface area (Å²) in [5.74, 6) is 1.40. The van der Waals surface area contributed by atoms with Crippen LogP contribution >= 0.6 is 0 Å². The van der Waals surface area contributed by atoms with Gasteiger partial charge in [-0.15, -0.1) is 0 Å². The van der Waals surface area contributed by atoms with Crippen LogP contribution in [0.4, 0.5) is 21.7 Å². The summed E-state index contributed by atoms with van der Waals surface area (Å²) in [4.78, 5) is 21.0. The molecule has 226 valence electrons. The molecular formula is C33H41FN8O. The van der Waals surface area contributed by atoms with Crippen LogP contribution in [0.1, 0.15) is 38.8 Å². The molecule has 9 nitrogen and oxygen atoms in total. The predicted octanol–water partition coefficient (Wildman–Crippen LogP) is 6.77. The second kappa shape index (κ2) is 13.6. The Bertz CT molecular complexity index is 1570. The number of piperazine rings is 1. The molecule has 0 unspecified atom stereocenters. The van der Waals surface area contributed by atoms with Crippen LogP contribution in [0.5, 0.6) is 11.8 Å². The molecule has 3 N–H and O–H groups in total. The van der Waals surface area contributed by atoms with Gasteiger partial charge in [0.1, 0.15) is 11.6 Å². The van der Waals surface area contributed by atoms with Crippen molar-refractivity contribution in [1.29, 1.82) is 0 Å². The van der Waals surface area contributed by atoms with Gasteiger partial charge in [0.25, 0.3) is 0 Å². The Balaban J connectivity index is 0.00000118. The van der Waals surface area contributed by atoms with Crippen molar-refractivity contribution in [2.24, 2.45) is 5.92 Å². The molecule has 4 heterocycles. The molecule has 1 saturated heterocycles. The van der Waals surface area contributed by atoms with E-state index in [1.807, 2.05) is 50.6 Å². The first kappa shape index (κ1) is 29.9. The summed E-state index contributed by atoms with van der Waals surface area (Å²) in [6.45, 7) is 13.5. The third-order valence-electron chi connectivity index (χ3n) is 7.29. The topological polar surface area (TPSA) is 94.2 Å². The van der Waals surface area contributed by atoms with Crippen molar-refractivity contribution in [2.45, 2.75) is 40.0 Å². The molecule has 2 fully saturated rings. The number of benzene rings is 1. The van der Waals surface area contributed by atoms with Gasteiger partial charge in [-0.2, -0.15) is 9.97 Å². The Morgan fingerprint density at radius 1 is 1.07 bits per heavy atom. The molecule has 43 heavy (non-hydrogen) atoms. The first-order valence-electron chi connectivity index (χ1n) is 15.0. The van der Waals surface area contributed by atoms with Gasteiger partial charge in [0.2, 0.25) is 0 Å². The van der Waals surface area contributed by atoms with Crippen LogP contribution in [0.3, 0.4) is 0 Å². The lowest BCUT2D eigenvalue weighted by atomic mass is 10.2. The van der Waals surface area contributed by atoms with E-state index in [9.17, 15) is 0 Å². The quantitative estimate of drug-likeness (QED) is 0.186. The largest absolute Gasteiger partial charge is 0.421 e. The minimum Gasteiger partial charge on any atom is -0.421 e. The number of allylic oxidation sites excluding steroid dienone is 2.